The Kier molecular flexibility index (Phi) is 4.54. The second-order valence-corrected chi connectivity index (χ2v) is 8.11. The molecule has 4 nitrogen and oxygen atoms in total. The van der Waals surface area contributed by atoms with E-state index in [1.807, 2.05) is 0 Å². The molecule has 0 aromatic heterocycles. The molecule has 27 heavy (non-hydrogen) atoms. The van der Waals surface area contributed by atoms with Gasteiger partial charge in [-0.25, -0.2) is 0 Å². The van der Waals surface area contributed by atoms with Crippen molar-refractivity contribution in [2.24, 2.45) is 0 Å². The first-order valence-electron chi connectivity index (χ1n) is 10.2. The molecule has 2 aromatic rings. The third-order valence-corrected chi connectivity index (χ3v) is 6.60. The number of benzene rings is 2. The number of rotatable bonds is 5. The van der Waals surface area contributed by atoms with Crippen molar-refractivity contribution >= 4 is 10.8 Å². The van der Waals surface area contributed by atoms with Crippen molar-refractivity contribution in [3.63, 3.8) is 0 Å². The summed E-state index contributed by atoms with van der Waals surface area (Å²) in [5, 5.41) is 2.92. The molecule has 1 aliphatic carbocycles. The third kappa shape index (κ3) is 3.11. The highest BCUT2D eigenvalue weighted by molar-refractivity contribution is 5.91. The van der Waals surface area contributed by atoms with Crippen LogP contribution in [-0.4, -0.2) is 60.8 Å². The molecule has 4 heteroatoms. The van der Waals surface area contributed by atoms with Crippen LogP contribution < -0.4 is 0 Å². The van der Waals surface area contributed by atoms with Crippen LogP contribution in [0.15, 0.2) is 48.8 Å². The van der Waals surface area contributed by atoms with Crippen molar-refractivity contribution in [2.45, 2.75) is 31.3 Å². The van der Waals surface area contributed by atoms with Crippen LogP contribution in [0.3, 0.4) is 0 Å². The van der Waals surface area contributed by atoms with Gasteiger partial charge in [0, 0.05) is 51.2 Å². The van der Waals surface area contributed by atoms with Gasteiger partial charge in [0.05, 0.1) is 13.3 Å². The van der Waals surface area contributed by atoms with E-state index in [2.05, 4.69) is 63.5 Å². The predicted molar refractivity (Wildman–Crippen MR) is 109 cm³/mol. The first-order valence-corrected chi connectivity index (χ1v) is 10.2. The summed E-state index contributed by atoms with van der Waals surface area (Å²) >= 11 is 0. The summed E-state index contributed by atoms with van der Waals surface area (Å²) in [6.07, 6.45) is 8.19. The Morgan fingerprint density at radius 1 is 1.04 bits per heavy atom. The fraction of sp³-hybridized carbons (Fsp3) is 0.478. The van der Waals surface area contributed by atoms with Gasteiger partial charge >= 0.3 is 0 Å². The van der Waals surface area contributed by atoms with Gasteiger partial charge in [0.25, 0.3) is 0 Å². The number of piperidine rings is 1. The largest absolute Gasteiger partial charge is 0.383 e. The summed E-state index contributed by atoms with van der Waals surface area (Å²) in [7, 11) is 1.77. The molecular weight excluding hydrogens is 334 g/mol. The maximum Gasteiger partial charge on any atom is 0.0897 e. The molecule has 1 unspecified atom stereocenters. The van der Waals surface area contributed by atoms with Crippen molar-refractivity contribution in [3.8, 4) is 0 Å². The van der Waals surface area contributed by atoms with E-state index in [1.165, 1.54) is 48.7 Å². The number of nitrogens with zero attached hydrogens (tertiary/aromatic N) is 3. The van der Waals surface area contributed by atoms with E-state index in [0.29, 0.717) is 12.1 Å². The van der Waals surface area contributed by atoms with Crippen LogP contribution in [-0.2, 0) is 11.2 Å². The molecule has 0 saturated carbocycles. The van der Waals surface area contributed by atoms with Crippen molar-refractivity contribution in [3.05, 3.63) is 59.9 Å². The van der Waals surface area contributed by atoms with Crippen LogP contribution in [0.2, 0.25) is 0 Å². The summed E-state index contributed by atoms with van der Waals surface area (Å²) in [5.74, 6) is 0. The van der Waals surface area contributed by atoms with Crippen molar-refractivity contribution in [1.82, 2.24) is 14.7 Å². The predicted octanol–water partition coefficient (Wildman–Crippen LogP) is 3.59. The summed E-state index contributed by atoms with van der Waals surface area (Å²) in [5.41, 5.74) is 3.08. The van der Waals surface area contributed by atoms with E-state index >= 15 is 0 Å². The topological polar surface area (TPSA) is 19.0 Å². The second kappa shape index (κ2) is 7.17. The standard InChI is InChI=1S/C23H29N3O/c1-27-15-14-24-12-13-26(17-24)20-8-10-25(11-9-20)22-16-19-6-2-4-18-5-3-7-21(22)23(18)19/h2-7,12-13,20,22H,8-11,14-17H2,1H3. The number of methoxy groups -OCH3 is 1. The van der Waals surface area contributed by atoms with Gasteiger partial charge in [0.2, 0.25) is 0 Å². The monoisotopic (exact) mass is 363 g/mol. The molecule has 0 spiro atoms. The number of hydrogen-bond acceptors (Lipinski definition) is 4. The van der Waals surface area contributed by atoms with Crippen LogP contribution in [0, 0.1) is 0 Å². The van der Waals surface area contributed by atoms with Gasteiger partial charge in [-0.2, -0.15) is 0 Å². The summed E-state index contributed by atoms with van der Waals surface area (Å²) in [6, 6.07) is 14.9. The molecule has 2 heterocycles. The lowest BCUT2D eigenvalue weighted by molar-refractivity contribution is 0.0913. The Morgan fingerprint density at radius 2 is 1.85 bits per heavy atom. The Bertz CT molecular complexity index is 835. The molecule has 2 aromatic carbocycles. The molecule has 0 bridgehead atoms. The molecule has 1 atom stereocenters. The molecule has 142 valence electrons. The van der Waals surface area contributed by atoms with Gasteiger partial charge in [-0.1, -0.05) is 36.4 Å². The van der Waals surface area contributed by atoms with E-state index in [1.54, 1.807) is 12.7 Å². The highest BCUT2D eigenvalue weighted by Crippen LogP contribution is 2.41. The third-order valence-electron chi connectivity index (χ3n) is 6.60. The molecule has 1 fully saturated rings. The molecule has 2 aliphatic heterocycles. The van der Waals surface area contributed by atoms with Gasteiger partial charge in [0.1, 0.15) is 0 Å². The normalized spacial score (nSPS) is 23.1. The SMILES string of the molecule is COCCN1C=CN(C2CCN(C3Cc4cccc5cccc3c45)CC2)C1. The first-order chi connectivity index (χ1) is 13.3. The van der Waals surface area contributed by atoms with Gasteiger partial charge in [-0.05, 0) is 41.2 Å². The minimum Gasteiger partial charge on any atom is -0.383 e. The lowest BCUT2D eigenvalue weighted by Gasteiger charge is -2.40. The van der Waals surface area contributed by atoms with Crippen molar-refractivity contribution in [2.75, 3.05) is 40.0 Å². The summed E-state index contributed by atoms with van der Waals surface area (Å²) in [4.78, 5) is 7.61. The second-order valence-electron chi connectivity index (χ2n) is 8.11. The van der Waals surface area contributed by atoms with Gasteiger partial charge in [0.15, 0.2) is 0 Å². The molecule has 0 amide bonds. The maximum absolute atomic E-state index is 5.21. The lowest BCUT2D eigenvalue weighted by Crippen LogP contribution is -2.45. The highest BCUT2D eigenvalue weighted by Gasteiger charge is 2.33. The Labute approximate surface area is 162 Å². The lowest BCUT2D eigenvalue weighted by atomic mass is 9.99. The fourth-order valence-corrected chi connectivity index (χ4v) is 5.15. The van der Waals surface area contributed by atoms with Crippen LogP contribution in [0.4, 0.5) is 0 Å². The number of ether oxygens (including phenoxy) is 1. The number of hydrogen-bond donors (Lipinski definition) is 0. The molecule has 5 rings (SSSR count). The van der Waals surface area contributed by atoms with E-state index in [0.717, 1.165) is 19.8 Å². The maximum atomic E-state index is 5.21. The minimum absolute atomic E-state index is 0.569. The zero-order valence-electron chi connectivity index (χ0n) is 16.2. The first kappa shape index (κ1) is 17.1. The van der Waals surface area contributed by atoms with Gasteiger partial charge < -0.3 is 14.5 Å². The molecular formula is C23H29N3O. The fourth-order valence-electron chi connectivity index (χ4n) is 5.15. The molecule has 0 radical (unpaired) electrons. The molecule has 0 N–H and O–H groups in total. The van der Waals surface area contributed by atoms with E-state index in [4.69, 9.17) is 4.74 Å². The van der Waals surface area contributed by atoms with Crippen LogP contribution in [0.1, 0.15) is 30.0 Å². The Hall–Kier alpha value is -2.04. The average Bonchev–Trinajstić information content (AvgIpc) is 3.33. The smallest absolute Gasteiger partial charge is 0.0897 e. The number of likely N-dealkylation sites (tertiary alicyclic amines) is 1. The summed E-state index contributed by atoms with van der Waals surface area (Å²) in [6.45, 7) is 5.18. The van der Waals surface area contributed by atoms with Gasteiger partial charge in [-0.15, -0.1) is 0 Å². The van der Waals surface area contributed by atoms with Crippen molar-refractivity contribution < 1.29 is 4.74 Å². The molecule has 3 aliphatic rings. The molecule has 1 saturated heterocycles. The van der Waals surface area contributed by atoms with E-state index < -0.39 is 0 Å². The quantitative estimate of drug-likeness (QED) is 0.808. The van der Waals surface area contributed by atoms with Crippen LogP contribution >= 0.6 is 0 Å². The Balaban J connectivity index is 1.23. The average molecular weight is 364 g/mol. The van der Waals surface area contributed by atoms with E-state index in [9.17, 15) is 0 Å². The zero-order chi connectivity index (χ0) is 18.2. The van der Waals surface area contributed by atoms with Crippen LogP contribution in [0.5, 0.6) is 0 Å². The summed E-state index contributed by atoms with van der Waals surface area (Å²) < 4.78 is 5.21. The minimum atomic E-state index is 0.569. The highest BCUT2D eigenvalue weighted by atomic mass is 16.5. The van der Waals surface area contributed by atoms with E-state index in [-0.39, 0.29) is 0 Å². The van der Waals surface area contributed by atoms with Crippen LogP contribution in [0.25, 0.3) is 10.8 Å². The zero-order valence-corrected chi connectivity index (χ0v) is 16.2. The van der Waals surface area contributed by atoms with Gasteiger partial charge in [-0.3, -0.25) is 4.90 Å². The van der Waals surface area contributed by atoms with Crippen molar-refractivity contribution in [1.29, 1.82) is 0 Å². The Morgan fingerprint density at radius 3 is 2.67 bits per heavy atom.